The molecule has 712 valence electrons. The van der Waals surface area contributed by atoms with Crippen LogP contribution in [0.25, 0.3) is 0 Å². The van der Waals surface area contributed by atoms with Crippen molar-refractivity contribution in [1.29, 1.82) is 0 Å². The minimum absolute atomic E-state index is 0.0946. The average molecular weight is 1780 g/mol. The molecule has 0 aromatic rings. The molecule has 0 aromatic heterocycles. The van der Waals surface area contributed by atoms with Crippen LogP contribution < -0.4 is 16.4 Å². The van der Waals surface area contributed by atoms with Gasteiger partial charge >= 0.3 is 33.6 Å². The Kier molecular flexibility index (Phi) is 64.1. The van der Waals surface area contributed by atoms with Gasteiger partial charge in [0.2, 0.25) is 11.8 Å². The number of hydrogen-bond acceptors (Lipinski definition) is 25. The number of phosphoric acid groups is 2. The van der Waals surface area contributed by atoms with Crippen molar-refractivity contribution < 1.29 is 130 Å². The van der Waals surface area contributed by atoms with Crippen molar-refractivity contribution >= 4 is 45.4 Å². The van der Waals surface area contributed by atoms with E-state index in [0.717, 1.165) is 238 Å². The fraction of sp³-hybridized carbons (Fsp3) is 0.944. The lowest BCUT2D eigenvalue weighted by Crippen LogP contribution is -2.68. The van der Waals surface area contributed by atoms with Gasteiger partial charge in [0.15, 0.2) is 31.1 Å². The number of hydrogen-bond donors (Lipinski definition) is 13. The molecular formula is C89H169N3O27P2. The maximum Gasteiger partial charge on any atom is 0.475 e. The lowest BCUT2D eigenvalue weighted by molar-refractivity contribution is -0.297. The third-order valence-electron chi connectivity index (χ3n) is 23.3. The fourth-order valence-electron chi connectivity index (χ4n) is 16.1. The van der Waals surface area contributed by atoms with Crippen LogP contribution in [0.5, 0.6) is 0 Å². The Balaban J connectivity index is 2.13. The fourth-order valence-corrected chi connectivity index (χ4v) is 17.6. The van der Waals surface area contributed by atoms with Gasteiger partial charge < -0.3 is 100.0 Å². The normalized spacial score (nSPS) is 24.2. The number of amides is 2. The van der Waals surface area contributed by atoms with Crippen LogP contribution in [0.15, 0.2) is 0 Å². The predicted octanol–water partition coefficient (Wildman–Crippen LogP) is 15.3. The van der Waals surface area contributed by atoms with Gasteiger partial charge in [-0.1, -0.05) is 336 Å². The van der Waals surface area contributed by atoms with Gasteiger partial charge in [0.1, 0.15) is 54.8 Å². The first-order valence-corrected chi connectivity index (χ1v) is 50.8. The van der Waals surface area contributed by atoms with Crippen molar-refractivity contribution in [3.63, 3.8) is 0 Å². The molecule has 121 heavy (non-hydrogen) atoms. The van der Waals surface area contributed by atoms with Crippen molar-refractivity contribution in [1.82, 2.24) is 10.6 Å². The minimum atomic E-state index is -5.73. The van der Waals surface area contributed by atoms with Crippen molar-refractivity contribution in [2.24, 2.45) is 5.73 Å². The molecule has 19 atom stereocenters. The molecule has 0 saturated carbocycles. The van der Waals surface area contributed by atoms with E-state index in [4.69, 9.17) is 52.5 Å². The Hall–Kier alpha value is -2.91. The SMILES string of the molecule is CCCCCCCCCCCCCCCC(=O)O[C@H](CCCCCCCCCCC)CC(=O)N[C@H]1[C@@H](OP(=O)(O)O)O[C@H](CO[C@@H]2O[C@H](CO)[C@@H](OP(=O)(O)O[C@H]3OC[C@H](N)[C@H](O)[C@H]3O)[C@H](OC(=O)C[C@H](O)CCCCCCCCCCC)[C@H]2NC(=O)C[C@H](O)CCCCCCCCCCC)[C@@H](O)[C@@H]1OC(=O)C[C@H](O)CCCCCCCCCCC. The molecule has 3 rings (SSSR count). The van der Waals surface area contributed by atoms with Gasteiger partial charge in [-0.25, -0.2) is 9.13 Å². The number of esters is 3. The van der Waals surface area contributed by atoms with E-state index in [1.54, 1.807) is 0 Å². The molecule has 0 aromatic carbocycles. The highest BCUT2D eigenvalue weighted by atomic mass is 31.2. The second-order valence-electron chi connectivity index (χ2n) is 34.6. The van der Waals surface area contributed by atoms with Gasteiger partial charge in [-0.15, -0.1) is 0 Å². The first-order chi connectivity index (χ1) is 58.2. The summed E-state index contributed by atoms with van der Waals surface area (Å²) in [6.07, 6.45) is 20.4. The lowest BCUT2D eigenvalue weighted by Gasteiger charge is -2.47. The smallest absolute Gasteiger partial charge is 0.462 e. The maximum atomic E-state index is 14.7. The highest BCUT2D eigenvalue weighted by Gasteiger charge is 2.56. The Labute approximate surface area is 725 Å². The Bertz CT molecular complexity index is 2730. The number of phosphoric ester groups is 2. The molecule has 3 heterocycles. The Morgan fingerprint density at radius 3 is 1.16 bits per heavy atom. The first-order valence-electron chi connectivity index (χ1n) is 47.8. The van der Waals surface area contributed by atoms with Crippen LogP contribution >= 0.6 is 15.6 Å². The van der Waals surface area contributed by atoms with Crippen LogP contribution in [0.3, 0.4) is 0 Å². The van der Waals surface area contributed by atoms with Crippen molar-refractivity contribution in [2.45, 2.75) is 517 Å². The number of aliphatic hydroxyl groups excluding tert-OH is 7. The minimum Gasteiger partial charge on any atom is -0.462 e. The van der Waals surface area contributed by atoms with Gasteiger partial charge in [-0.2, -0.15) is 0 Å². The average Bonchev–Trinajstić information content (AvgIpc) is 0.788. The summed E-state index contributed by atoms with van der Waals surface area (Å²) in [5.74, 6) is -4.65. The lowest BCUT2D eigenvalue weighted by atomic mass is 9.95. The zero-order valence-electron chi connectivity index (χ0n) is 74.9. The number of rotatable bonds is 77. The van der Waals surface area contributed by atoms with Crippen LogP contribution in [-0.2, 0) is 79.8 Å². The highest BCUT2D eigenvalue weighted by molar-refractivity contribution is 7.47. The van der Waals surface area contributed by atoms with E-state index in [0.29, 0.717) is 32.1 Å². The molecule has 32 heteroatoms. The zero-order valence-corrected chi connectivity index (χ0v) is 76.7. The molecule has 0 bridgehead atoms. The number of aliphatic hydroxyl groups is 7. The van der Waals surface area contributed by atoms with Crippen LogP contribution in [0.1, 0.15) is 407 Å². The van der Waals surface area contributed by atoms with Gasteiger partial charge in [0.05, 0.1) is 69.9 Å². The largest absolute Gasteiger partial charge is 0.475 e. The summed E-state index contributed by atoms with van der Waals surface area (Å²) < 4.78 is 86.0. The molecule has 0 aliphatic carbocycles. The predicted molar refractivity (Wildman–Crippen MR) is 463 cm³/mol. The van der Waals surface area contributed by atoms with Crippen LogP contribution in [0, 0.1) is 0 Å². The molecule has 1 unspecified atom stereocenters. The number of nitrogens with two attached hydrogens (primary N) is 1. The Morgan fingerprint density at radius 1 is 0.397 bits per heavy atom. The molecule has 3 fully saturated rings. The van der Waals surface area contributed by atoms with E-state index in [2.05, 4.69) is 45.3 Å². The molecule has 14 N–H and O–H groups in total. The molecular weight excluding hydrogens is 1600 g/mol. The van der Waals surface area contributed by atoms with Crippen LogP contribution in [0.4, 0.5) is 0 Å². The van der Waals surface area contributed by atoms with E-state index < -0.39 is 201 Å². The molecule has 2 amide bonds. The number of nitrogens with one attached hydrogen (secondary N) is 2. The molecule has 3 aliphatic rings. The van der Waals surface area contributed by atoms with Gasteiger partial charge in [0, 0.05) is 6.42 Å². The summed E-state index contributed by atoms with van der Waals surface area (Å²) in [5, 5.41) is 84.7. The molecule has 0 spiro atoms. The second-order valence-corrected chi connectivity index (χ2v) is 37.2. The summed E-state index contributed by atoms with van der Waals surface area (Å²) in [4.78, 5) is 105. The quantitative estimate of drug-likeness (QED) is 0.0116. The number of ether oxygens (including phenoxy) is 7. The molecule has 3 saturated heterocycles. The highest BCUT2D eigenvalue weighted by Crippen LogP contribution is 2.50. The third-order valence-corrected chi connectivity index (χ3v) is 24.8. The monoisotopic (exact) mass is 1770 g/mol. The topological polar surface area (TPSA) is 464 Å². The van der Waals surface area contributed by atoms with Crippen molar-refractivity contribution in [2.75, 3.05) is 19.8 Å². The van der Waals surface area contributed by atoms with Gasteiger partial charge in [-0.05, 0) is 38.5 Å². The van der Waals surface area contributed by atoms with E-state index >= 15 is 0 Å². The molecule has 0 radical (unpaired) electrons. The second kappa shape index (κ2) is 69.1. The number of carbonyl (C=O) groups is 5. The van der Waals surface area contributed by atoms with Crippen molar-refractivity contribution in [3.05, 3.63) is 0 Å². The number of unbranched alkanes of at least 4 members (excludes halogenated alkanes) is 44. The zero-order chi connectivity index (χ0) is 88.9. The summed E-state index contributed by atoms with van der Waals surface area (Å²) >= 11 is 0. The Morgan fingerprint density at radius 2 is 0.752 bits per heavy atom. The van der Waals surface area contributed by atoms with E-state index in [1.165, 1.54) is 44.9 Å². The first kappa shape index (κ1) is 112. The molecule has 30 nitrogen and oxygen atoms in total. The summed E-state index contributed by atoms with van der Waals surface area (Å²) in [7, 11) is -11.4. The standard InChI is InChI=1S/C89H169N3O27P2/c1-6-11-16-21-26-31-32-33-34-39-44-49-54-59-76(99)112-70(58-53-48-43-38-30-25-20-15-10-5)63-75(98)92-79-85(115-77(100)61-68(95)56-51-46-41-36-28-23-18-13-8-3)82(103)73(114-88(79)118-120(105,106)107)66-111-87-80(91-74(97)60-67(94)55-50-45-40-35-27-22-17-12-7-2)86(116-78(101)62-69(96)57-52-47-42-37-29-24-19-14-9-4)84(72(64-93)113-87)117-121(108,109)119-89-83(104)81(102)71(90)65-110-89/h67-73,79-89,93-96,102-104H,6-66,90H2,1-5H3,(H,91,97)(H,92,98)(H,108,109)(H2,105,106,107)/t67-,68-,69-,70-,71+,72-,73-,79-,80-,81+,82-,83-,84-,85-,86-,87-,88-,89-/m1/s1. The van der Waals surface area contributed by atoms with Gasteiger partial charge in [-0.3, -0.25) is 37.5 Å². The summed E-state index contributed by atoms with van der Waals surface area (Å²) in [6.45, 7) is 8.14. The number of carbonyl (C=O) groups excluding carboxylic acids is 5. The van der Waals surface area contributed by atoms with E-state index in [9.17, 15) is 83.5 Å². The van der Waals surface area contributed by atoms with Gasteiger partial charge in [0.25, 0.3) is 0 Å². The van der Waals surface area contributed by atoms with E-state index in [1.807, 2.05) is 0 Å². The van der Waals surface area contributed by atoms with Crippen molar-refractivity contribution in [3.8, 4) is 0 Å². The third kappa shape index (κ3) is 53.0. The summed E-state index contributed by atoms with van der Waals surface area (Å²) in [6, 6.07) is -5.09. The van der Waals surface area contributed by atoms with Crippen LogP contribution in [0.2, 0.25) is 0 Å². The maximum absolute atomic E-state index is 14.7. The van der Waals surface area contributed by atoms with Crippen LogP contribution in [-0.4, -0.2) is 210 Å². The summed E-state index contributed by atoms with van der Waals surface area (Å²) in [5.41, 5.74) is 5.86. The van der Waals surface area contributed by atoms with E-state index in [-0.39, 0.29) is 32.1 Å². The molecule has 3 aliphatic heterocycles.